The summed E-state index contributed by atoms with van der Waals surface area (Å²) in [6.45, 7) is 1.41. The first-order chi connectivity index (χ1) is 11.6. The molecule has 1 aromatic carbocycles. The molecule has 8 heteroatoms. The van der Waals surface area contributed by atoms with Crippen LogP contribution in [0.3, 0.4) is 0 Å². The molecule has 0 aliphatic rings. The third kappa shape index (κ3) is 3.61. The fourth-order valence-corrected chi connectivity index (χ4v) is 2.08. The van der Waals surface area contributed by atoms with Crippen molar-refractivity contribution < 1.29 is 9.59 Å². The number of aromatic nitrogens is 4. The van der Waals surface area contributed by atoms with Crippen LogP contribution in [0.5, 0.6) is 0 Å². The molecule has 24 heavy (non-hydrogen) atoms. The third-order valence-electron chi connectivity index (χ3n) is 3.13. The van der Waals surface area contributed by atoms with E-state index >= 15 is 0 Å². The molecule has 2 N–H and O–H groups in total. The molecule has 0 unspecified atom stereocenters. The molecule has 3 rings (SSSR count). The number of nitrogens with one attached hydrogen (secondary N) is 2. The van der Waals surface area contributed by atoms with E-state index in [0.29, 0.717) is 22.8 Å². The number of amides is 2. The highest BCUT2D eigenvalue weighted by molar-refractivity contribution is 6.05. The smallest absolute Gasteiger partial charge is 0.255 e. The summed E-state index contributed by atoms with van der Waals surface area (Å²) in [5.74, 6) is 0.160. The van der Waals surface area contributed by atoms with Gasteiger partial charge in [-0.25, -0.2) is 4.98 Å². The summed E-state index contributed by atoms with van der Waals surface area (Å²) < 4.78 is 1.66. The number of benzene rings is 1. The fraction of sp³-hybridized carbons (Fsp3) is 0.0625. The summed E-state index contributed by atoms with van der Waals surface area (Å²) in [5.41, 5.74) is 1.56. The molecular formula is C16H14N6O2. The van der Waals surface area contributed by atoms with Gasteiger partial charge in [0, 0.05) is 18.2 Å². The lowest BCUT2D eigenvalue weighted by Crippen LogP contribution is -2.13. The van der Waals surface area contributed by atoms with Crippen LogP contribution in [0.25, 0.3) is 5.82 Å². The normalized spacial score (nSPS) is 10.2. The molecule has 0 bridgehead atoms. The number of carbonyl (C=O) groups is 2. The molecule has 0 aliphatic heterocycles. The third-order valence-corrected chi connectivity index (χ3v) is 3.13. The standard InChI is InChI=1S/C16H14N6O2/c1-11(23)20-13-4-2-3-12(7-13)16(24)21-14-5-6-15(17-8-14)22-9-18-19-10-22/h2-10H,1H3,(H,20,23)(H,21,24). The van der Waals surface area contributed by atoms with Crippen LogP contribution in [-0.2, 0) is 4.79 Å². The highest BCUT2D eigenvalue weighted by Gasteiger charge is 2.08. The number of anilines is 2. The van der Waals surface area contributed by atoms with Crippen LogP contribution < -0.4 is 10.6 Å². The molecule has 3 aromatic rings. The summed E-state index contributed by atoms with van der Waals surface area (Å²) in [4.78, 5) is 27.6. The van der Waals surface area contributed by atoms with Crippen molar-refractivity contribution >= 4 is 23.2 Å². The lowest BCUT2D eigenvalue weighted by molar-refractivity contribution is -0.114. The predicted octanol–water partition coefficient (Wildman–Crippen LogP) is 1.87. The lowest BCUT2D eigenvalue weighted by Gasteiger charge is -2.08. The number of carbonyl (C=O) groups excluding carboxylic acids is 2. The predicted molar refractivity (Wildman–Crippen MR) is 87.9 cm³/mol. The van der Waals surface area contributed by atoms with Gasteiger partial charge >= 0.3 is 0 Å². The van der Waals surface area contributed by atoms with Crippen LogP contribution >= 0.6 is 0 Å². The second-order valence-corrected chi connectivity index (χ2v) is 4.99. The second-order valence-electron chi connectivity index (χ2n) is 4.99. The summed E-state index contributed by atoms with van der Waals surface area (Å²) in [6.07, 6.45) is 4.62. The quantitative estimate of drug-likeness (QED) is 0.763. The molecule has 0 saturated heterocycles. The summed E-state index contributed by atoms with van der Waals surface area (Å²) in [5, 5.41) is 12.8. The van der Waals surface area contributed by atoms with Gasteiger partial charge in [0.2, 0.25) is 5.91 Å². The van der Waals surface area contributed by atoms with Gasteiger partial charge in [0.25, 0.3) is 5.91 Å². The Hall–Kier alpha value is -3.55. The molecule has 0 atom stereocenters. The monoisotopic (exact) mass is 322 g/mol. The first-order valence-corrected chi connectivity index (χ1v) is 7.12. The van der Waals surface area contributed by atoms with Crippen molar-refractivity contribution in [3.05, 3.63) is 60.8 Å². The maximum atomic E-state index is 12.3. The Morgan fingerprint density at radius 1 is 1.00 bits per heavy atom. The highest BCUT2D eigenvalue weighted by Crippen LogP contribution is 2.14. The molecule has 2 amide bonds. The molecular weight excluding hydrogens is 308 g/mol. The maximum absolute atomic E-state index is 12.3. The Kier molecular flexibility index (Phi) is 4.28. The minimum atomic E-state index is -0.291. The Bertz CT molecular complexity index is 859. The molecule has 0 saturated carbocycles. The molecule has 0 fully saturated rings. The van der Waals surface area contributed by atoms with Crippen LogP contribution in [-0.4, -0.2) is 31.6 Å². The Labute approximate surface area is 137 Å². The zero-order chi connectivity index (χ0) is 16.9. The van der Waals surface area contributed by atoms with E-state index in [2.05, 4.69) is 25.8 Å². The zero-order valence-electron chi connectivity index (χ0n) is 12.8. The molecule has 8 nitrogen and oxygen atoms in total. The number of pyridine rings is 1. The van der Waals surface area contributed by atoms with Crippen molar-refractivity contribution in [1.29, 1.82) is 0 Å². The van der Waals surface area contributed by atoms with Crippen molar-refractivity contribution in [1.82, 2.24) is 19.7 Å². The van der Waals surface area contributed by atoms with E-state index in [-0.39, 0.29) is 11.8 Å². The Balaban J connectivity index is 1.71. The minimum Gasteiger partial charge on any atom is -0.326 e. The van der Waals surface area contributed by atoms with Gasteiger partial charge in [-0.1, -0.05) is 6.07 Å². The van der Waals surface area contributed by atoms with Crippen LogP contribution in [0.4, 0.5) is 11.4 Å². The molecule has 0 aliphatic carbocycles. The van der Waals surface area contributed by atoms with Crippen molar-refractivity contribution in [2.24, 2.45) is 0 Å². The molecule has 0 spiro atoms. The van der Waals surface area contributed by atoms with Crippen molar-refractivity contribution in [3.63, 3.8) is 0 Å². The first-order valence-electron chi connectivity index (χ1n) is 7.12. The van der Waals surface area contributed by atoms with Crippen LogP contribution in [0.2, 0.25) is 0 Å². The van der Waals surface area contributed by atoms with Gasteiger partial charge in [-0.3, -0.25) is 14.2 Å². The Morgan fingerprint density at radius 2 is 1.79 bits per heavy atom. The Morgan fingerprint density at radius 3 is 2.46 bits per heavy atom. The van der Waals surface area contributed by atoms with E-state index in [1.54, 1.807) is 47.2 Å². The first kappa shape index (κ1) is 15.3. The fourth-order valence-electron chi connectivity index (χ4n) is 2.08. The van der Waals surface area contributed by atoms with Crippen molar-refractivity contribution in [3.8, 4) is 5.82 Å². The average Bonchev–Trinajstić information content (AvgIpc) is 3.09. The molecule has 2 aromatic heterocycles. The second kappa shape index (κ2) is 6.69. The van der Waals surface area contributed by atoms with Crippen LogP contribution in [0, 0.1) is 0 Å². The topological polar surface area (TPSA) is 102 Å². The number of rotatable bonds is 4. The van der Waals surface area contributed by atoms with E-state index in [1.807, 2.05) is 0 Å². The summed E-state index contributed by atoms with van der Waals surface area (Å²) >= 11 is 0. The van der Waals surface area contributed by atoms with E-state index < -0.39 is 0 Å². The summed E-state index contributed by atoms with van der Waals surface area (Å²) in [7, 11) is 0. The zero-order valence-corrected chi connectivity index (χ0v) is 12.8. The van der Waals surface area contributed by atoms with Crippen LogP contribution in [0.1, 0.15) is 17.3 Å². The molecule has 0 radical (unpaired) electrons. The van der Waals surface area contributed by atoms with E-state index in [9.17, 15) is 9.59 Å². The average molecular weight is 322 g/mol. The molecule has 120 valence electrons. The van der Waals surface area contributed by atoms with Gasteiger partial charge in [0.05, 0.1) is 11.9 Å². The number of hydrogen-bond acceptors (Lipinski definition) is 5. The van der Waals surface area contributed by atoms with Gasteiger partial charge in [0.1, 0.15) is 18.5 Å². The van der Waals surface area contributed by atoms with Gasteiger partial charge < -0.3 is 10.6 Å². The van der Waals surface area contributed by atoms with E-state index in [0.717, 1.165) is 0 Å². The molecule has 2 heterocycles. The van der Waals surface area contributed by atoms with E-state index in [1.165, 1.54) is 19.6 Å². The van der Waals surface area contributed by atoms with E-state index in [4.69, 9.17) is 0 Å². The number of nitrogens with zero attached hydrogens (tertiary/aromatic N) is 4. The summed E-state index contributed by atoms with van der Waals surface area (Å²) in [6, 6.07) is 10.2. The van der Waals surface area contributed by atoms with Crippen molar-refractivity contribution in [2.75, 3.05) is 10.6 Å². The number of hydrogen-bond donors (Lipinski definition) is 2. The SMILES string of the molecule is CC(=O)Nc1cccc(C(=O)Nc2ccc(-n3cnnc3)nc2)c1. The van der Waals surface area contributed by atoms with Crippen molar-refractivity contribution in [2.45, 2.75) is 6.92 Å². The largest absolute Gasteiger partial charge is 0.326 e. The maximum Gasteiger partial charge on any atom is 0.255 e. The van der Waals surface area contributed by atoms with Gasteiger partial charge in [-0.2, -0.15) is 0 Å². The van der Waals surface area contributed by atoms with Gasteiger partial charge in [-0.05, 0) is 30.3 Å². The van der Waals surface area contributed by atoms with Crippen LogP contribution in [0.15, 0.2) is 55.2 Å². The highest BCUT2D eigenvalue weighted by atomic mass is 16.2. The lowest BCUT2D eigenvalue weighted by atomic mass is 10.2. The minimum absolute atomic E-state index is 0.193. The van der Waals surface area contributed by atoms with Gasteiger partial charge in [-0.15, -0.1) is 10.2 Å². The van der Waals surface area contributed by atoms with Gasteiger partial charge in [0.15, 0.2) is 0 Å².